The number of hydrogen-bond acceptors (Lipinski definition) is 3. The Hall–Kier alpha value is -1.55. The number of aryl methyl sites for hydroxylation is 1. The number of ether oxygens (including phenoxy) is 1. The van der Waals surface area contributed by atoms with Crippen molar-refractivity contribution in [3.05, 3.63) is 23.8 Å². The Kier molecular flexibility index (Phi) is 4.95. The van der Waals surface area contributed by atoms with Gasteiger partial charge in [0.25, 0.3) is 0 Å². The van der Waals surface area contributed by atoms with E-state index in [2.05, 4.69) is 5.32 Å². The van der Waals surface area contributed by atoms with E-state index in [1.165, 1.54) is 0 Å². The van der Waals surface area contributed by atoms with E-state index in [0.29, 0.717) is 6.42 Å². The zero-order valence-electron chi connectivity index (χ0n) is 12.4. The summed E-state index contributed by atoms with van der Waals surface area (Å²) in [6.07, 6.45) is 0.314. The SMILES string of the molecule is COc1ccc(NC(=O)CC(N)C(C)(C)C)c(C)c1. The van der Waals surface area contributed by atoms with Crippen LogP contribution in [-0.4, -0.2) is 19.1 Å². The van der Waals surface area contributed by atoms with Crippen LogP contribution in [0, 0.1) is 12.3 Å². The van der Waals surface area contributed by atoms with Crippen LogP contribution >= 0.6 is 0 Å². The highest BCUT2D eigenvalue weighted by molar-refractivity contribution is 5.92. The fraction of sp³-hybridized carbons (Fsp3) is 0.533. The summed E-state index contributed by atoms with van der Waals surface area (Å²) in [6.45, 7) is 8.03. The van der Waals surface area contributed by atoms with E-state index in [1.807, 2.05) is 45.9 Å². The summed E-state index contributed by atoms with van der Waals surface area (Å²) in [6, 6.07) is 5.39. The van der Waals surface area contributed by atoms with Gasteiger partial charge >= 0.3 is 0 Å². The van der Waals surface area contributed by atoms with Crippen LogP contribution in [0.25, 0.3) is 0 Å². The van der Waals surface area contributed by atoms with Gasteiger partial charge in [0.1, 0.15) is 5.75 Å². The molecule has 19 heavy (non-hydrogen) atoms. The van der Waals surface area contributed by atoms with E-state index >= 15 is 0 Å². The smallest absolute Gasteiger partial charge is 0.225 e. The van der Waals surface area contributed by atoms with E-state index < -0.39 is 0 Å². The molecule has 1 unspecified atom stereocenters. The van der Waals surface area contributed by atoms with Gasteiger partial charge in [0.15, 0.2) is 0 Å². The zero-order chi connectivity index (χ0) is 14.6. The Morgan fingerprint density at radius 1 is 1.42 bits per heavy atom. The molecule has 1 rings (SSSR count). The van der Waals surface area contributed by atoms with Crippen LogP contribution in [0.2, 0.25) is 0 Å². The van der Waals surface area contributed by atoms with Gasteiger partial charge in [-0.25, -0.2) is 0 Å². The van der Waals surface area contributed by atoms with E-state index in [9.17, 15) is 4.79 Å². The maximum absolute atomic E-state index is 12.0. The van der Waals surface area contributed by atoms with Gasteiger partial charge in [-0.3, -0.25) is 4.79 Å². The number of carbonyl (C=O) groups is 1. The molecule has 0 radical (unpaired) electrons. The van der Waals surface area contributed by atoms with Crippen LogP contribution < -0.4 is 15.8 Å². The predicted molar refractivity (Wildman–Crippen MR) is 78.4 cm³/mol. The molecule has 0 aliphatic carbocycles. The number of benzene rings is 1. The van der Waals surface area contributed by atoms with Crippen molar-refractivity contribution in [2.24, 2.45) is 11.1 Å². The summed E-state index contributed by atoms with van der Waals surface area (Å²) < 4.78 is 5.13. The Bertz CT molecular complexity index is 450. The lowest BCUT2D eigenvalue weighted by molar-refractivity contribution is -0.117. The van der Waals surface area contributed by atoms with Crippen molar-refractivity contribution in [1.29, 1.82) is 0 Å². The molecule has 0 fully saturated rings. The highest BCUT2D eigenvalue weighted by Crippen LogP contribution is 2.23. The summed E-state index contributed by atoms with van der Waals surface area (Å²) in [7, 11) is 1.62. The first-order chi connectivity index (χ1) is 8.74. The van der Waals surface area contributed by atoms with E-state index in [-0.39, 0.29) is 17.4 Å². The van der Waals surface area contributed by atoms with Crippen LogP contribution in [0.15, 0.2) is 18.2 Å². The van der Waals surface area contributed by atoms with E-state index in [0.717, 1.165) is 17.0 Å². The Balaban J connectivity index is 2.67. The first kappa shape index (κ1) is 15.5. The minimum atomic E-state index is -0.161. The molecule has 1 amide bonds. The molecule has 1 aromatic carbocycles. The highest BCUT2D eigenvalue weighted by Gasteiger charge is 2.23. The van der Waals surface area contributed by atoms with Gasteiger partial charge in [0, 0.05) is 18.2 Å². The average molecular weight is 264 g/mol. The second kappa shape index (κ2) is 6.06. The van der Waals surface area contributed by atoms with Crippen molar-refractivity contribution in [1.82, 2.24) is 0 Å². The molecule has 0 aromatic heterocycles. The first-order valence-electron chi connectivity index (χ1n) is 6.44. The second-order valence-electron chi connectivity index (χ2n) is 5.91. The molecule has 4 heteroatoms. The molecule has 1 atom stereocenters. The number of rotatable bonds is 4. The van der Waals surface area contributed by atoms with Gasteiger partial charge in [-0.05, 0) is 36.1 Å². The number of nitrogens with one attached hydrogen (secondary N) is 1. The number of carbonyl (C=O) groups excluding carboxylic acids is 1. The molecular formula is C15H24N2O2. The molecule has 0 aliphatic heterocycles. The summed E-state index contributed by atoms with van der Waals surface area (Å²) in [5.41, 5.74) is 7.70. The summed E-state index contributed by atoms with van der Waals surface area (Å²) >= 11 is 0. The van der Waals surface area contributed by atoms with Crippen LogP contribution in [0.5, 0.6) is 5.75 Å². The van der Waals surface area contributed by atoms with Crippen molar-refractivity contribution in [2.75, 3.05) is 12.4 Å². The molecule has 106 valence electrons. The van der Waals surface area contributed by atoms with E-state index in [4.69, 9.17) is 10.5 Å². The fourth-order valence-corrected chi connectivity index (χ4v) is 1.61. The largest absolute Gasteiger partial charge is 0.497 e. The lowest BCUT2D eigenvalue weighted by atomic mass is 9.85. The van der Waals surface area contributed by atoms with Gasteiger partial charge in [-0.1, -0.05) is 20.8 Å². The zero-order valence-corrected chi connectivity index (χ0v) is 12.4. The number of hydrogen-bond donors (Lipinski definition) is 2. The minimum absolute atomic E-state index is 0.0595. The Morgan fingerprint density at radius 3 is 2.53 bits per heavy atom. The third-order valence-corrected chi connectivity index (χ3v) is 3.23. The van der Waals surface area contributed by atoms with Crippen molar-refractivity contribution in [2.45, 2.75) is 40.2 Å². The molecule has 3 N–H and O–H groups in total. The number of methoxy groups -OCH3 is 1. The van der Waals surface area contributed by atoms with Gasteiger partial charge < -0.3 is 15.8 Å². The van der Waals surface area contributed by atoms with Crippen LogP contribution in [-0.2, 0) is 4.79 Å². The normalized spacial score (nSPS) is 12.9. The topological polar surface area (TPSA) is 64.3 Å². The predicted octanol–water partition coefficient (Wildman–Crippen LogP) is 2.71. The lowest BCUT2D eigenvalue weighted by Crippen LogP contribution is -2.38. The molecule has 0 aliphatic rings. The van der Waals surface area contributed by atoms with Crippen LogP contribution in [0.3, 0.4) is 0 Å². The number of nitrogens with two attached hydrogens (primary N) is 1. The lowest BCUT2D eigenvalue weighted by Gasteiger charge is -2.26. The summed E-state index contributed by atoms with van der Waals surface area (Å²) in [5.74, 6) is 0.720. The Morgan fingerprint density at radius 2 is 2.05 bits per heavy atom. The average Bonchev–Trinajstić information content (AvgIpc) is 2.30. The highest BCUT2D eigenvalue weighted by atomic mass is 16.5. The third-order valence-electron chi connectivity index (χ3n) is 3.23. The van der Waals surface area contributed by atoms with Gasteiger partial charge in [0.05, 0.1) is 7.11 Å². The fourth-order valence-electron chi connectivity index (χ4n) is 1.61. The molecule has 1 aromatic rings. The van der Waals surface area contributed by atoms with Gasteiger partial charge in [-0.15, -0.1) is 0 Å². The van der Waals surface area contributed by atoms with Crippen molar-refractivity contribution < 1.29 is 9.53 Å². The number of amides is 1. The standard InChI is InChI=1S/C15H24N2O2/c1-10-8-11(19-5)6-7-12(10)17-14(18)9-13(16)15(2,3)4/h6-8,13H,9,16H2,1-5H3,(H,17,18). The molecule has 0 spiro atoms. The van der Waals surface area contributed by atoms with Crippen molar-refractivity contribution >= 4 is 11.6 Å². The molecule has 0 bridgehead atoms. The van der Waals surface area contributed by atoms with Crippen LogP contribution in [0.1, 0.15) is 32.8 Å². The maximum atomic E-state index is 12.0. The maximum Gasteiger partial charge on any atom is 0.225 e. The van der Waals surface area contributed by atoms with Crippen molar-refractivity contribution in [3.8, 4) is 5.75 Å². The quantitative estimate of drug-likeness (QED) is 0.878. The summed E-state index contributed by atoms with van der Waals surface area (Å²) in [4.78, 5) is 12.0. The molecular weight excluding hydrogens is 240 g/mol. The molecule has 0 saturated heterocycles. The first-order valence-corrected chi connectivity index (χ1v) is 6.44. The van der Waals surface area contributed by atoms with Gasteiger partial charge in [0.2, 0.25) is 5.91 Å². The van der Waals surface area contributed by atoms with Crippen molar-refractivity contribution in [3.63, 3.8) is 0 Å². The molecule has 0 heterocycles. The minimum Gasteiger partial charge on any atom is -0.497 e. The van der Waals surface area contributed by atoms with E-state index in [1.54, 1.807) is 7.11 Å². The second-order valence-corrected chi connectivity index (χ2v) is 5.91. The van der Waals surface area contributed by atoms with Gasteiger partial charge in [-0.2, -0.15) is 0 Å². The monoisotopic (exact) mass is 264 g/mol. The summed E-state index contributed by atoms with van der Waals surface area (Å²) in [5, 5.41) is 2.89. The van der Waals surface area contributed by atoms with Crippen LogP contribution in [0.4, 0.5) is 5.69 Å². The number of anilines is 1. The Labute approximate surface area is 115 Å². The third kappa shape index (κ3) is 4.56. The molecule has 0 saturated carbocycles. The molecule has 4 nitrogen and oxygen atoms in total.